The largest absolute Gasteiger partial charge is 0.478 e. The van der Waals surface area contributed by atoms with E-state index in [4.69, 9.17) is 5.11 Å². The predicted molar refractivity (Wildman–Crippen MR) is 80.0 cm³/mol. The predicted octanol–water partition coefficient (Wildman–Crippen LogP) is 2.30. The molecule has 0 spiro atoms. The summed E-state index contributed by atoms with van der Waals surface area (Å²) in [4.78, 5) is 15.9. The first kappa shape index (κ1) is 15.0. The third-order valence-electron chi connectivity index (χ3n) is 4.05. The number of hydrogen-bond acceptors (Lipinski definition) is 3. The third kappa shape index (κ3) is 3.81. The lowest BCUT2D eigenvalue weighted by Gasteiger charge is -2.30. The quantitative estimate of drug-likeness (QED) is 0.916. The Labute approximate surface area is 121 Å². The smallest absolute Gasteiger partial charge is 0.335 e. The highest BCUT2D eigenvalue weighted by molar-refractivity contribution is 5.87. The van der Waals surface area contributed by atoms with Crippen molar-refractivity contribution < 1.29 is 9.90 Å². The van der Waals surface area contributed by atoms with Gasteiger partial charge in [-0.25, -0.2) is 4.79 Å². The number of likely N-dealkylation sites (N-methyl/N-ethyl adjacent to an activating group) is 1. The highest BCUT2D eigenvalue weighted by Gasteiger charge is 2.22. The van der Waals surface area contributed by atoms with E-state index in [9.17, 15) is 4.79 Å². The van der Waals surface area contributed by atoms with Crippen LogP contribution in [-0.2, 0) is 6.54 Å². The van der Waals surface area contributed by atoms with Gasteiger partial charge in [0.25, 0.3) is 0 Å². The van der Waals surface area contributed by atoms with Gasteiger partial charge in [0, 0.05) is 25.7 Å². The third-order valence-corrected chi connectivity index (χ3v) is 4.05. The van der Waals surface area contributed by atoms with E-state index in [0.29, 0.717) is 11.6 Å². The van der Waals surface area contributed by atoms with E-state index in [-0.39, 0.29) is 0 Å². The molecular weight excluding hydrogens is 252 g/mol. The summed E-state index contributed by atoms with van der Waals surface area (Å²) in [6.07, 6.45) is 2.30. The Balaban J connectivity index is 2.10. The van der Waals surface area contributed by atoms with E-state index in [1.165, 1.54) is 6.42 Å². The molecule has 4 nitrogen and oxygen atoms in total. The summed E-state index contributed by atoms with van der Waals surface area (Å²) in [6.45, 7) is 6.38. The minimum Gasteiger partial charge on any atom is -0.478 e. The fraction of sp³-hybridized carbons (Fsp3) is 0.562. The maximum absolute atomic E-state index is 11.0. The molecule has 0 bridgehead atoms. The molecule has 0 aromatic heterocycles. The van der Waals surface area contributed by atoms with Gasteiger partial charge in [0.1, 0.15) is 0 Å². The van der Waals surface area contributed by atoms with Crippen LogP contribution in [0.4, 0.5) is 0 Å². The zero-order chi connectivity index (χ0) is 14.5. The van der Waals surface area contributed by atoms with Gasteiger partial charge in [0.2, 0.25) is 0 Å². The van der Waals surface area contributed by atoms with Gasteiger partial charge in [-0.3, -0.25) is 4.90 Å². The van der Waals surface area contributed by atoms with Crippen LogP contribution in [0.3, 0.4) is 0 Å². The standard InChI is InChI=1S/C16H24N2O2/c1-3-15-12-17(2)8-5-9-18(15)11-13-6-4-7-14(10-13)16(19)20/h4,6-7,10,15H,3,5,8-9,11-12H2,1-2H3,(H,19,20). The average Bonchev–Trinajstić information content (AvgIpc) is 2.61. The number of rotatable bonds is 4. The van der Waals surface area contributed by atoms with Crippen molar-refractivity contribution in [1.82, 2.24) is 9.80 Å². The molecule has 0 amide bonds. The monoisotopic (exact) mass is 276 g/mol. The van der Waals surface area contributed by atoms with Gasteiger partial charge < -0.3 is 10.0 Å². The summed E-state index contributed by atoms with van der Waals surface area (Å²) >= 11 is 0. The molecule has 1 atom stereocenters. The Hall–Kier alpha value is -1.39. The zero-order valence-corrected chi connectivity index (χ0v) is 12.4. The first-order valence-electron chi connectivity index (χ1n) is 7.35. The maximum Gasteiger partial charge on any atom is 0.335 e. The molecule has 0 radical (unpaired) electrons. The Bertz CT molecular complexity index is 462. The molecule has 1 heterocycles. The molecule has 1 fully saturated rings. The lowest BCUT2D eigenvalue weighted by Crippen LogP contribution is -2.39. The molecule has 0 aliphatic carbocycles. The van der Waals surface area contributed by atoms with Crippen LogP contribution in [0.25, 0.3) is 0 Å². The lowest BCUT2D eigenvalue weighted by molar-refractivity contribution is 0.0696. The minimum absolute atomic E-state index is 0.377. The molecule has 1 N–H and O–H groups in total. The number of benzene rings is 1. The van der Waals surface area contributed by atoms with Gasteiger partial charge >= 0.3 is 5.97 Å². The molecule has 1 aliphatic heterocycles. The maximum atomic E-state index is 11.0. The first-order chi connectivity index (χ1) is 9.60. The second kappa shape index (κ2) is 6.86. The van der Waals surface area contributed by atoms with E-state index in [0.717, 1.165) is 38.2 Å². The van der Waals surface area contributed by atoms with Crippen molar-refractivity contribution in [3.8, 4) is 0 Å². The molecule has 1 aromatic rings. The summed E-state index contributed by atoms with van der Waals surface area (Å²) in [5, 5.41) is 9.07. The van der Waals surface area contributed by atoms with Crippen LogP contribution in [0.1, 0.15) is 35.7 Å². The molecule has 20 heavy (non-hydrogen) atoms. The Morgan fingerprint density at radius 1 is 1.40 bits per heavy atom. The number of carboxylic acids is 1. The number of carboxylic acid groups (broad SMARTS) is 1. The Kier molecular flexibility index (Phi) is 5.15. The van der Waals surface area contributed by atoms with E-state index in [2.05, 4.69) is 23.8 Å². The average molecular weight is 276 g/mol. The van der Waals surface area contributed by atoms with Gasteiger partial charge in [-0.15, -0.1) is 0 Å². The summed E-state index contributed by atoms with van der Waals surface area (Å²) < 4.78 is 0. The van der Waals surface area contributed by atoms with E-state index in [1.54, 1.807) is 12.1 Å². The highest BCUT2D eigenvalue weighted by Crippen LogP contribution is 2.16. The van der Waals surface area contributed by atoms with Crippen molar-refractivity contribution in [2.45, 2.75) is 32.4 Å². The Morgan fingerprint density at radius 2 is 2.20 bits per heavy atom. The molecule has 1 aromatic carbocycles. The summed E-state index contributed by atoms with van der Waals surface area (Å²) in [5.74, 6) is -0.852. The van der Waals surface area contributed by atoms with Crippen LogP contribution in [0.5, 0.6) is 0 Å². The number of carbonyl (C=O) groups is 1. The normalized spacial score (nSPS) is 21.6. The lowest BCUT2D eigenvalue weighted by atomic mass is 10.1. The summed E-state index contributed by atoms with van der Waals surface area (Å²) in [7, 11) is 2.18. The molecule has 1 unspecified atom stereocenters. The number of aromatic carboxylic acids is 1. The SMILES string of the molecule is CCC1CN(C)CCCN1Cc1cccc(C(=O)O)c1. The topological polar surface area (TPSA) is 43.8 Å². The Morgan fingerprint density at radius 3 is 2.90 bits per heavy atom. The fourth-order valence-corrected chi connectivity index (χ4v) is 2.93. The van der Waals surface area contributed by atoms with E-state index >= 15 is 0 Å². The van der Waals surface area contributed by atoms with Crippen molar-refractivity contribution in [3.63, 3.8) is 0 Å². The van der Waals surface area contributed by atoms with Crippen molar-refractivity contribution in [3.05, 3.63) is 35.4 Å². The zero-order valence-electron chi connectivity index (χ0n) is 12.4. The van der Waals surface area contributed by atoms with Gasteiger partial charge in [-0.05, 0) is 44.1 Å². The fourth-order valence-electron chi connectivity index (χ4n) is 2.93. The molecule has 0 saturated carbocycles. The van der Waals surface area contributed by atoms with Gasteiger partial charge in [-0.2, -0.15) is 0 Å². The molecule has 4 heteroatoms. The molecule has 110 valence electrons. The first-order valence-corrected chi connectivity index (χ1v) is 7.35. The van der Waals surface area contributed by atoms with Crippen LogP contribution >= 0.6 is 0 Å². The van der Waals surface area contributed by atoms with Gasteiger partial charge in [0.15, 0.2) is 0 Å². The second-order valence-corrected chi connectivity index (χ2v) is 5.65. The van der Waals surface area contributed by atoms with Crippen LogP contribution in [0.15, 0.2) is 24.3 Å². The summed E-state index contributed by atoms with van der Waals surface area (Å²) in [5.41, 5.74) is 1.47. The molecule has 2 rings (SSSR count). The number of nitrogens with zero attached hydrogens (tertiary/aromatic N) is 2. The molecule has 1 aliphatic rings. The van der Waals surface area contributed by atoms with Crippen LogP contribution in [-0.4, -0.2) is 53.6 Å². The van der Waals surface area contributed by atoms with Gasteiger partial charge in [0.05, 0.1) is 5.56 Å². The van der Waals surface area contributed by atoms with Crippen LogP contribution in [0, 0.1) is 0 Å². The van der Waals surface area contributed by atoms with Crippen LogP contribution in [0.2, 0.25) is 0 Å². The highest BCUT2D eigenvalue weighted by atomic mass is 16.4. The van der Waals surface area contributed by atoms with Crippen molar-refractivity contribution in [2.24, 2.45) is 0 Å². The van der Waals surface area contributed by atoms with Crippen LogP contribution < -0.4 is 0 Å². The number of hydrogen-bond donors (Lipinski definition) is 1. The summed E-state index contributed by atoms with van der Waals surface area (Å²) in [6, 6.07) is 7.86. The van der Waals surface area contributed by atoms with Gasteiger partial charge in [-0.1, -0.05) is 19.1 Å². The molecule has 1 saturated heterocycles. The molecular formula is C16H24N2O2. The van der Waals surface area contributed by atoms with E-state index < -0.39 is 5.97 Å². The van der Waals surface area contributed by atoms with E-state index in [1.807, 2.05) is 12.1 Å². The minimum atomic E-state index is -0.852. The van der Waals surface area contributed by atoms with Crippen molar-refractivity contribution >= 4 is 5.97 Å². The second-order valence-electron chi connectivity index (χ2n) is 5.65. The van der Waals surface area contributed by atoms with Crippen molar-refractivity contribution in [1.29, 1.82) is 0 Å². The van der Waals surface area contributed by atoms with Crippen molar-refractivity contribution in [2.75, 3.05) is 26.7 Å².